The number of nitrogens with one attached hydrogen (secondary N) is 1. The lowest BCUT2D eigenvalue weighted by Crippen LogP contribution is -2.41. The van der Waals surface area contributed by atoms with Crippen molar-refractivity contribution in [3.8, 4) is 5.75 Å². The summed E-state index contributed by atoms with van der Waals surface area (Å²) in [6.07, 6.45) is 2.65. The molecule has 1 aromatic carbocycles. The van der Waals surface area contributed by atoms with Gasteiger partial charge >= 0.3 is 0 Å². The Balaban J connectivity index is 1.31. The summed E-state index contributed by atoms with van der Waals surface area (Å²) in [5.74, 6) is 1.59. The standard InChI is InChI=1S/C22H23N3O5/c1-15-13-19(24-30-15)23-21(26)16-7-10-25(11-8-16)22(27)20-17(9-12-28-20)14-29-18-5-3-2-4-6-18/h2-6,9,12-13,16H,7-8,10-11,14H2,1H3,(H,23,24,26). The summed E-state index contributed by atoms with van der Waals surface area (Å²) in [7, 11) is 0. The second-order valence-corrected chi connectivity index (χ2v) is 7.26. The number of benzene rings is 1. The van der Waals surface area contributed by atoms with Gasteiger partial charge < -0.3 is 23.9 Å². The molecule has 8 heteroatoms. The number of rotatable bonds is 6. The second-order valence-electron chi connectivity index (χ2n) is 7.26. The first-order chi connectivity index (χ1) is 14.6. The fourth-order valence-corrected chi connectivity index (χ4v) is 3.46. The third-order valence-electron chi connectivity index (χ3n) is 5.11. The van der Waals surface area contributed by atoms with E-state index in [1.807, 2.05) is 30.3 Å². The number of furan rings is 1. The first kappa shape index (κ1) is 19.8. The third-order valence-corrected chi connectivity index (χ3v) is 5.11. The summed E-state index contributed by atoms with van der Waals surface area (Å²) in [6, 6.07) is 12.8. The predicted molar refractivity (Wildman–Crippen MR) is 108 cm³/mol. The molecule has 1 aliphatic heterocycles. The molecule has 0 aliphatic carbocycles. The van der Waals surface area contributed by atoms with Crippen LogP contribution in [0.1, 0.15) is 34.7 Å². The number of piperidine rings is 1. The molecule has 30 heavy (non-hydrogen) atoms. The zero-order chi connectivity index (χ0) is 20.9. The summed E-state index contributed by atoms with van der Waals surface area (Å²) < 4.78 is 16.2. The number of amides is 2. The highest BCUT2D eigenvalue weighted by atomic mass is 16.5. The lowest BCUT2D eigenvalue weighted by molar-refractivity contribution is -0.121. The molecular weight excluding hydrogens is 386 g/mol. The molecule has 0 saturated carbocycles. The fraction of sp³-hybridized carbons (Fsp3) is 0.318. The van der Waals surface area contributed by atoms with Gasteiger partial charge in [-0.1, -0.05) is 23.4 Å². The Hall–Kier alpha value is -3.55. The fourth-order valence-electron chi connectivity index (χ4n) is 3.46. The van der Waals surface area contributed by atoms with E-state index in [0.29, 0.717) is 43.1 Å². The van der Waals surface area contributed by atoms with Crippen molar-refractivity contribution in [3.05, 3.63) is 65.8 Å². The average Bonchev–Trinajstić information content (AvgIpc) is 3.41. The first-order valence-corrected chi connectivity index (χ1v) is 9.88. The van der Waals surface area contributed by atoms with Crippen LogP contribution in [0.5, 0.6) is 5.75 Å². The van der Waals surface area contributed by atoms with E-state index in [0.717, 1.165) is 5.75 Å². The molecule has 4 rings (SSSR count). The summed E-state index contributed by atoms with van der Waals surface area (Å²) in [4.78, 5) is 27.1. The number of ether oxygens (including phenoxy) is 1. The zero-order valence-corrected chi connectivity index (χ0v) is 16.7. The Kier molecular flexibility index (Phi) is 5.83. The smallest absolute Gasteiger partial charge is 0.289 e. The molecule has 8 nitrogen and oxygen atoms in total. The van der Waals surface area contributed by atoms with Crippen molar-refractivity contribution < 1.29 is 23.3 Å². The third kappa shape index (κ3) is 4.53. The van der Waals surface area contributed by atoms with Gasteiger partial charge in [0.1, 0.15) is 18.1 Å². The maximum atomic E-state index is 12.9. The van der Waals surface area contributed by atoms with Crippen LogP contribution in [0.3, 0.4) is 0 Å². The van der Waals surface area contributed by atoms with E-state index >= 15 is 0 Å². The van der Waals surface area contributed by atoms with E-state index in [-0.39, 0.29) is 30.1 Å². The van der Waals surface area contributed by atoms with Crippen molar-refractivity contribution in [2.75, 3.05) is 18.4 Å². The highest BCUT2D eigenvalue weighted by Gasteiger charge is 2.30. The SMILES string of the molecule is Cc1cc(NC(=O)C2CCN(C(=O)c3occc3COc3ccccc3)CC2)no1. The van der Waals surface area contributed by atoms with Crippen LogP contribution in [0.25, 0.3) is 0 Å². The number of anilines is 1. The Labute approximate surface area is 173 Å². The molecule has 1 saturated heterocycles. The van der Waals surface area contributed by atoms with E-state index in [1.54, 1.807) is 24.0 Å². The topological polar surface area (TPSA) is 97.8 Å². The molecule has 0 radical (unpaired) electrons. The van der Waals surface area contributed by atoms with Gasteiger partial charge in [0.25, 0.3) is 5.91 Å². The van der Waals surface area contributed by atoms with Crippen LogP contribution in [-0.2, 0) is 11.4 Å². The molecule has 156 valence electrons. The Morgan fingerprint density at radius 3 is 2.67 bits per heavy atom. The van der Waals surface area contributed by atoms with Crippen LogP contribution < -0.4 is 10.1 Å². The molecule has 3 heterocycles. The summed E-state index contributed by atoms with van der Waals surface area (Å²) in [6.45, 7) is 2.97. The molecule has 1 fully saturated rings. The van der Waals surface area contributed by atoms with Gasteiger partial charge in [0, 0.05) is 30.6 Å². The maximum absolute atomic E-state index is 12.9. The maximum Gasteiger partial charge on any atom is 0.289 e. The number of nitrogens with zero attached hydrogens (tertiary/aromatic N) is 2. The van der Waals surface area contributed by atoms with Crippen LogP contribution in [0.2, 0.25) is 0 Å². The van der Waals surface area contributed by atoms with Gasteiger partial charge in [0.15, 0.2) is 11.6 Å². The van der Waals surface area contributed by atoms with Crippen molar-refractivity contribution in [2.45, 2.75) is 26.4 Å². The summed E-state index contributed by atoms with van der Waals surface area (Å²) in [5, 5.41) is 6.54. The molecule has 0 atom stereocenters. The molecule has 0 bridgehead atoms. The van der Waals surface area contributed by atoms with Crippen molar-refractivity contribution in [2.24, 2.45) is 5.92 Å². The number of aromatic nitrogens is 1. The largest absolute Gasteiger partial charge is 0.489 e. The van der Waals surface area contributed by atoms with Crippen LogP contribution in [0, 0.1) is 12.8 Å². The highest BCUT2D eigenvalue weighted by molar-refractivity contribution is 5.94. The number of carbonyl (C=O) groups excluding carboxylic acids is 2. The molecule has 3 aromatic rings. The van der Waals surface area contributed by atoms with Gasteiger partial charge in [0.05, 0.1) is 6.26 Å². The van der Waals surface area contributed by atoms with E-state index in [2.05, 4.69) is 10.5 Å². The number of hydrogen-bond acceptors (Lipinski definition) is 6. The number of likely N-dealkylation sites (tertiary alicyclic amines) is 1. The molecule has 0 spiro atoms. The van der Waals surface area contributed by atoms with Crippen molar-refractivity contribution in [1.29, 1.82) is 0 Å². The van der Waals surface area contributed by atoms with Crippen molar-refractivity contribution >= 4 is 17.6 Å². The van der Waals surface area contributed by atoms with Gasteiger partial charge in [-0.3, -0.25) is 9.59 Å². The molecule has 1 N–H and O–H groups in total. The number of para-hydroxylation sites is 1. The van der Waals surface area contributed by atoms with Gasteiger partial charge in [0.2, 0.25) is 5.91 Å². The van der Waals surface area contributed by atoms with Crippen molar-refractivity contribution in [3.63, 3.8) is 0 Å². The first-order valence-electron chi connectivity index (χ1n) is 9.88. The number of hydrogen-bond donors (Lipinski definition) is 1. The molecular formula is C22H23N3O5. The van der Waals surface area contributed by atoms with Crippen molar-refractivity contribution in [1.82, 2.24) is 10.1 Å². The van der Waals surface area contributed by atoms with Gasteiger partial charge in [-0.2, -0.15) is 0 Å². The summed E-state index contributed by atoms with van der Waals surface area (Å²) >= 11 is 0. The normalized spacial score (nSPS) is 14.5. The lowest BCUT2D eigenvalue weighted by Gasteiger charge is -2.30. The van der Waals surface area contributed by atoms with E-state index in [4.69, 9.17) is 13.7 Å². The minimum absolute atomic E-state index is 0.106. The lowest BCUT2D eigenvalue weighted by atomic mass is 9.95. The van der Waals surface area contributed by atoms with E-state index in [1.165, 1.54) is 6.26 Å². The minimum atomic E-state index is -0.183. The Morgan fingerprint density at radius 1 is 1.20 bits per heavy atom. The minimum Gasteiger partial charge on any atom is -0.489 e. The molecule has 2 amide bonds. The van der Waals surface area contributed by atoms with Crippen LogP contribution in [-0.4, -0.2) is 35.0 Å². The van der Waals surface area contributed by atoms with Gasteiger partial charge in [-0.25, -0.2) is 0 Å². The second kappa shape index (κ2) is 8.86. The zero-order valence-electron chi connectivity index (χ0n) is 16.7. The average molecular weight is 409 g/mol. The summed E-state index contributed by atoms with van der Waals surface area (Å²) in [5.41, 5.74) is 0.699. The molecule has 0 unspecified atom stereocenters. The highest BCUT2D eigenvalue weighted by Crippen LogP contribution is 2.23. The van der Waals surface area contributed by atoms with Crippen LogP contribution in [0.4, 0.5) is 5.82 Å². The number of carbonyl (C=O) groups is 2. The van der Waals surface area contributed by atoms with Crippen LogP contribution in [0.15, 0.2) is 57.7 Å². The molecule has 1 aliphatic rings. The van der Waals surface area contributed by atoms with Crippen LogP contribution >= 0.6 is 0 Å². The van der Waals surface area contributed by atoms with E-state index in [9.17, 15) is 9.59 Å². The van der Waals surface area contributed by atoms with E-state index < -0.39 is 0 Å². The quantitative estimate of drug-likeness (QED) is 0.667. The monoisotopic (exact) mass is 409 g/mol. The van der Waals surface area contributed by atoms with Gasteiger partial charge in [-0.15, -0.1) is 0 Å². The molecule has 2 aromatic heterocycles. The Bertz CT molecular complexity index is 1000. The Morgan fingerprint density at radius 2 is 1.97 bits per heavy atom. The number of aryl methyl sites for hydroxylation is 1. The predicted octanol–water partition coefficient (Wildman–Crippen LogP) is 3.65. The van der Waals surface area contributed by atoms with Gasteiger partial charge in [-0.05, 0) is 38.0 Å².